The highest BCUT2D eigenvalue weighted by Gasteiger charge is 2.05. The number of aryl methyl sites for hydroxylation is 4. The van der Waals surface area contributed by atoms with Crippen LogP contribution in [0.5, 0.6) is 0 Å². The highest BCUT2D eigenvalue weighted by Crippen LogP contribution is 2.22. The quantitative estimate of drug-likeness (QED) is 0.724. The molecule has 16 heavy (non-hydrogen) atoms. The first-order chi connectivity index (χ1) is 7.58. The van der Waals surface area contributed by atoms with E-state index < -0.39 is 0 Å². The Morgan fingerprint density at radius 2 is 1.50 bits per heavy atom. The minimum Gasteiger partial charge on any atom is -0.261 e. The Kier molecular flexibility index (Phi) is 2.73. The lowest BCUT2D eigenvalue weighted by atomic mass is 10.0. The molecule has 0 amide bonds. The third-order valence-electron chi connectivity index (χ3n) is 2.90. The summed E-state index contributed by atoms with van der Waals surface area (Å²) >= 11 is 0. The van der Waals surface area contributed by atoms with E-state index in [9.17, 15) is 0 Å². The summed E-state index contributed by atoms with van der Waals surface area (Å²) in [7, 11) is 0. The second-order valence-corrected chi connectivity index (χ2v) is 4.29. The van der Waals surface area contributed by atoms with E-state index in [2.05, 4.69) is 42.9 Å². The molecular weight excluding hydrogens is 196 g/mol. The van der Waals surface area contributed by atoms with Crippen molar-refractivity contribution >= 4 is 0 Å². The van der Waals surface area contributed by atoms with Gasteiger partial charge in [-0.15, -0.1) is 0 Å². The van der Waals surface area contributed by atoms with Crippen molar-refractivity contribution in [2.75, 3.05) is 0 Å². The summed E-state index contributed by atoms with van der Waals surface area (Å²) in [5.41, 5.74) is 6.89. The normalized spacial score (nSPS) is 10.5. The first-order valence-corrected chi connectivity index (χ1v) is 5.45. The third-order valence-corrected chi connectivity index (χ3v) is 2.90. The summed E-state index contributed by atoms with van der Waals surface area (Å²) in [5, 5.41) is 0. The van der Waals surface area contributed by atoms with Gasteiger partial charge in [0.1, 0.15) is 0 Å². The van der Waals surface area contributed by atoms with Crippen molar-refractivity contribution in [3.05, 3.63) is 46.9 Å². The average molecular weight is 212 g/mol. The van der Waals surface area contributed by atoms with E-state index in [0.29, 0.717) is 0 Å². The first-order valence-electron chi connectivity index (χ1n) is 5.45. The summed E-state index contributed by atoms with van der Waals surface area (Å²) in [4.78, 5) is 8.79. The zero-order valence-electron chi connectivity index (χ0n) is 10.2. The summed E-state index contributed by atoms with van der Waals surface area (Å²) in [6, 6.07) is 4.21. The van der Waals surface area contributed by atoms with Crippen molar-refractivity contribution in [2.24, 2.45) is 0 Å². The van der Waals surface area contributed by atoms with Gasteiger partial charge in [0, 0.05) is 23.7 Å². The summed E-state index contributed by atoms with van der Waals surface area (Å²) in [6.07, 6.45) is 3.83. The van der Waals surface area contributed by atoms with Gasteiger partial charge in [0.2, 0.25) is 0 Å². The van der Waals surface area contributed by atoms with Crippen LogP contribution in [-0.2, 0) is 0 Å². The maximum Gasteiger partial charge on any atom is 0.0722 e. The average Bonchev–Trinajstić information content (AvgIpc) is 2.22. The summed E-state index contributed by atoms with van der Waals surface area (Å²) in [5.74, 6) is 0. The first kappa shape index (κ1) is 10.8. The molecule has 0 aliphatic carbocycles. The highest BCUT2D eigenvalue weighted by molar-refractivity contribution is 5.63. The molecule has 0 aromatic carbocycles. The van der Waals surface area contributed by atoms with Gasteiger partial charge in [-0.1, -0.05) is 0 Å². The molecule has 2 rings (SSSR count). The Balaban J connectivity index is 2.54. The van der Waals surface area contributed by atoms with Crippen LogP contribution in [0.15, 0.2) is 24.5 Å². The molecule has 0 saturated carbocycles. The molecule has 2 aromatic heterocycles. The van der Waals surface area contributed by atoms with Gasteiger partial charge in [0.05, 0.1) is 5.69 Å². The fraction of sp³-hybridized carbons (Fsp3) is 0.286. The molecule has 2 nitrogen and oxygen atoms in total. The molecule has 82 valence electrons. The zero-order chi connectivity index (χ0) is 11.7. The fourth-order valence-electron chi connectivity index (χ4n) is 1.74. The second-order valence-electron chi connectivity index (χ2n) is 4.29. The van der Waals surface area contributed by atoms with Crippen LogP contribution in [-0.4, -0.2) is 9.97 Å². The van der Waals surface area contributed by atoms with Crippen molar-refractivity contribution in [1.82, 2.24) is 9.97 Å². The Labute approximate surface area is 96.4 Å². The van der Waals surface area contributed by atoms with Crippen LogP contribution in [0, 0.1) is 27.7 Å². The van der Waals surface area contributed by atoms with E-state index in [0.717, 1.165) is 17.0 Å². The molecule has 2 heteroatoms. The molecule has 0 aliphatic heterocycles. The van der Waals surface area contributed by atoms with Gasteiger partial charge in [-0.25, -0.2) is 0 Å². The summed E-state index contributed by atoms with van der Waals surface area (Å²) < 4.78 is 0. The molecule has 0 aliphatic rings. The number of hydrogen-bond donors (Lipinski definition) is 0. The van der Waals surface area contributed by atoms with Crippen LogP contribution in [0.2, 0.25) is 0 Å². The van der Waals surface area contributed by atoms with Crippen molar-refractivity contribution in [1.29, 1.82) is 0 Å². The van der Waals surface area contributed by atoms with Gasteiger partial charge in [0.25, 0.3) is 0 Å². The number of hydrogen-bond acceptors (Lipinski definition) is 2. The van der Waals surface area contributed by atoms with Crippen LogP contribution in [0.4, 0.5) is 0 Å². The highest BCUT2D eigenvalue weighted by atomic mass is 14.7. The predicted molar refractivity (Wildman–Crippen MR) is 66.4 cm³/mol. The minimum atomic E-state index is 1.01. The number of pyridine rings is 2. The number of rotatable bonds is 1. The number of aromatic nitrogens is 2. The topological polar surface area (TPSA) is 25.8 Å². The number of nitrogens with zero attached hydrogens (tertiary/aromatic N) is 2. The van der Waals surface area contributed by atoms with Crippen LogP contribution < -0.4 is 0 Å². The summed E-state index contributed by atoms with van der Waals surface area (Å²) in [6.45, 7) is 8.29. The maximum atomic E-state index is 4.46. The molecule has 2 aromatic rings. The molecule has 0 spiro atoms. The van der Waals surface area contributed by atoms with Gasteiger partial charge >= 0.3 is 0 Å². The van der Waals surface area contributed by atoms with Gasteiger partial charge in [-0.2, -0.15) is 0 Å². The van der Waals surface area contributed by atoms with Crippen LogP contribution in [0.3, 0.4) is 0 Å². The molecule has 0 unspecified atom stereocenters. The van der Waals surface area contributed by atoms with Crippen molar-refractivity contribution < 1.29 is 0 Å². The maximum absolute atomic E-state index is 4.46. The van der Waals surface area contributed by atoms with Gasteiger partial charge in [0.15, 0.2) is 0 Å². The van der Waals surface area contributed by atoms with E-state index in [-0.39, 0.29) is 0 Å². The molecule has 0 radical (unpaired) electrons. The molecule has 0 fully saturated rings. The largest absolute Gasteiger partial charge is 0.261 e. The van der Waals surface area contributed by atoms with Crippen molar-refractivity contribution in [3.63, 3.8) is 0 Å². The van der Waals surface area contributed by atoms with Gasteiger partial charge < -0.3 is 0 Å². The van der Waals surface area contributed by atoms with Crippen LogP contribution in [0.1, 0.15) is 22.4 Å². The monoisotopic (exact) mass is 212 g/mol. The van der Waals surface area contributed by atoms with E-state index in [1.807, 2.05) is 19.3 Å². The molecule has 0 atom stereocenters. The lowest BCUT2D eigenvalue weighted by molar-refractivity contribution is 1.16. The Bertz CT molecular complexity index is 530. The van der Waals surface area contributed by atoms with Crippen LogP contribution in [0.25, 0.3) is 11.3 Å². The van der Waals surface area contributed by atoms with Crippen molar-refractivity contribution in [2.45, 2.75) is 27.7 Å². The SMILES string of the molecule is Cc1cc(C)c(-c2cc(C)c(C)cn2)cn1. The molecular formula is C14H16N2. The fourth-order valence-corrected chi connectivity index (χ4v) is 1.74. The third kappa shape index (κ3) is 1.96. The molecule has 0 N–H and O–H groups in total. The van der Waals surface area contributed by atoms with E-state index in [4.69, 9.17) is 0 Å². The standard InChI is InChI=1S/C14H16N2/c1-9-6-14(16-7-11(9)3)13-8-15-12(4)5-10(13)2/h5-8H,1-4H3. The molecule has 0 saturated heterocycles. The van der Waals surface area contributed by atoms with Crippen LogP contribution >= 0.6 is 0 Å². The zero-order valence-corrected chi connectivity index (χ0v) is 10.2. The van der Waals surface area contributed by atoms with Gasteiger partial charge in [-0.05, 0) is 56.5 Å². The van der Waals surface area contributed by atoms with Crippen molar-refractivity contribution in [3.8, 4) is 11.3 Å². The molecule has 0 bridgehead atoms. The lowest BCUT2D eigenvalue weighted by Gasteiger charge is -2.07. The Morgan fingerprint density at radius 1 is 0.750 bits per heavy atom. The Hall–Kier alpha value is -1.70. The van der Waals surface area contributed by atoms with Gasteiger partial charge in [-0.3, -0.25) is 9.97 Å². The predicted octanol–water partition coefficient (Wildman–Crippen LogP) is 3.38. The second kappa shape index (κ2) is 4.05. The smallest absolute Gasteiger partial charge is 0.0722 e. The van der Waals surface area contributed by atoms with E-state index in [1.165, 1.54) is 16.7 Å². The van der Waals surface area contributed by atoms with E-state index >= 15 is 0 Å². The van der Waals surface area contributed by atoms with E-state index in [1.54, 1.807) is 0 Å². The minimum absolute atomic E-state index is 1.01. The lowest BCUT2D eigenvalue weighted by Crippen LogP contribution is -1.92. The molecule has 2 heterocycles. The Morgan fingerprint density at radius 3 is 2.12 bits per heavy atom.